The number of nitrogens with zero attached hydrogens (tertiary/aromatic N) is 1. The molecule has 2 aliphatic heterocycles. The second-order valence-electron chi connectivity index (χ2n) is 3.97. The van der Waals surface area contributed by atoms with Gasteiger partial charge in [0.15, 0.2) is 0 Å². The molecule has 0 saturated carbocycles. The van der Waals surface area contributed by atoms with Crippen LogP contribution in [0.2, 0.25) is 0 Å². The van der Waals surface area contributed by atoms with Crippen LogP contribution in [0.25, 0.3) is 0 Å². The molecule has 0 N–H and O–H groups in total. The molecule has 2 aliphatic rings. The van der Waals surface area contributed by atoms with E-state index in [0.29, 0.717) is 0 Å². The van der Waals surface area contributed by atoms with E-state index in [-0.39, 0.29) is 0 Å². The first-order valence-electron chi connectivity index (χ1n) is 4.60. The fourth-order valence-electron chi connectivity index (χ4n) is 2.43. The van der Waals surface area contributed by atoms with Crippen molar-refractivity contribution < 1.29 is 0 Å². The van der Waals surface area contributed by atoms with E-state index in [1.807, 2.05) is 0 Å². The van der Waals surface area contributed by atoms with Crippen LogP contribution < -0.4 is 0 Å². The molecule has 0 aromatic heterocycles. The van der Waals surface area contributed by atoms with Gasteiger partial charge >= 0.3 is 0 Å². The zero-order valence-electron chi connectivity index (χ0n) is 6.84. The predicted molar refractivity (Wildman–Crippen MR) is 43.0 cm³/mol. The molecule has 0 bridgehead atoms. The van der Waals surface area contributed by atoms with E-state index < -0.39 is 0 Å². The van der Waals surface area contributed by atoms with Crippen molar-refractivity contribution in [2.75, 3.05) is 13.1 Å². The van der Waals surface area contributed by atoms with Gasteiger partial charge in [-0.2, -0.15) is 0 Å². The van der Waals surface area contributed by atoms with Gasteiger partial charge in [-0.15, -0.1) is 0 Å². The topological polar surface area (TPSA) is 3.24 Å². The smallest absolute Gasteiger partial charge is 0.00959 e. The van der Waals surface area contributed by atoms with Gasteiger partial charge in [0, 0.05) is 12.6 Å². The fraction of sp³-hybridized carbons (Fsp3) is 1.00. The van der Waals surface area contributed by atoms with Gasteiger partial charge in [0.1, 0.15) is 0 Å². The van der Waals surface area contributed by atoms with Crippen molar-refractivity contribution in [3.63, 3.8) is 0 Å². The Morgan fingerprint density at radius 2 is 2.10 bits per heavy atom. The summed E-state index contributed by atoms with van der Waals surface area (Å²) < 4.78 is 0. The van der Waals surface area contributed by atoms with Crippen LogP contribution in [0.15, 0.2) is 0 Å². The quantitative estimate of drug-likeness (QED) is 0.495. The third-order valence-electron chi connectivity index (χ3n) is 3.04. The molecule has 2 fully saturated rings. The van der Waals surface area contributed by atoms with Crippen LogP contribution in [-0.4, -0.2) is 24.0 Å². The number of piperidine rings is 1. The van der Waals surface area contributed by atoms with E-state index in [4.69, 9.17) is 0 Å². The number of fused-ring (bicyclic) bond motifs is 1. The lowest BCUT2D eigenvalue weighted by molar-refractivity contribution is 0.156. The predicted octanol–water partition coefficient (Wildman–Crippen LogP) is 1.88. The maximum absolute atomic E-state index is 2.69. The summed E-state index contributed by atoms with van der Waals surface area (Å²) in [6, 6.07) is 0.983. The highest BCUT2D eigenvalue weighted by Gasteiger charge is 2.29. The van der Waals surface area contributed by atoms with Crippen LogP contribution >= 0.6 is 0 Å². The number of hydrogen-bond acceptors (Lipinski definition) is 1. The van der Waals surface area contributed by atoms with Gasteiger partial charge < -0.3 is 4.90 Å². The van der Waals surface area contributed by atoms with Gasteiger partial charge in [-0.25, -0.2) is 0 Å². The molecule has 1 nitrogen and oxygen atoms in total. The molecule has 2 heterocycles. The lowest BCUT2D eigenvalue weighted by Crippen LogP contribution is -2.37. The van der Waals surface area contributed by atoms with Crippen molar-refractivity contribution >= 4 is 0 Å². The van der Waals surface area contributed by atoms with Gasteiger partial charge in [0.05, 0.1) is 0 Å². The minimum Gasteiger partial charge on any atom is -0.300 e. The summed E-state index contributed by atoms with van der Waals surface area (Å²) in [5, 5.41) is 0. The van der Waals surface area contributed by atoms with Crippen LogP contribution in [0.3, 0.4) is 0 Å². The highest BCUT2D eigenvalue weighted by atomic mass is 15.2. The average molecular weight is 139 g/mol. The van der Waals surface area contributed by atoms with Gasteiger partial charge in [-0.1, -0.05) is 6.92 Å². The highest BCUT2D eigenvalue weighted by Crippen LogP contribution is 2.28. The zero-order chi connectivity index (χ0) is 6.97. The Morgan fingerprint density at radius 3 is 3.00 bits per heavy atom. The van der Waals surface area contributed by atoms with Crippen molar-refractivity contribution in [1.82, 2.24) is 4.90 Å². The Labute approximate surface area is 63.4 Å². The molecule has 58 valence electrons. The van der Waals surface area contributed by atoms with E-state index in [1.54, 1.807) is 0 Å². The molecule has 0 aromatic carbocycles. The van der Waals surface area contributed by atoms with Crippen molar-refractivity contribution in [3.05, 3.63) is 0 Å². The summed E-state index contributed by atoms with van der Waals surface area (Å²) in [5.74, 6) is 0.967. The maximum Gasteiger partial charge on any atom is 0.00959 e. The molecule has 0 radical (unpaired) electrons. The molecule has 1 unspecified atom stereocenters. The van der Waals surface area contributed by atoms with E-state index in [2.05, 4.69) is 11.8 Å². The van der Waals surface area contributed by atoms with Crippen molar-refractivity contribution in [2.24, 2.45) is 5.92 Å². The molecule has 2 saturated heterocycles. The molecule has 1 heteroatoms. The van der Waals surface area contributed by atoms with Gasteiger partial charge in [0.2, 0.25) is 0 Å². The van der Waals surface area contributed by atoms with E-state index in [9.17, 15) is 0 Å². The molecule has 2 atom stereocenters. The largest absolute Gasteiger partial charge is 0.300 e. The van der Waals surface area contributed by atoms with Crippen molar-refractivity contribution in [3.8, 4) is 0 Å². The molecule has 10 heavy (non-hydrogen) atoms. The van der Waals surface area contributed by atoms with Gasteiger partial charge in [-0.05, 0) is 38.1 Å². The van der Waals surface area contributed by atoms with Crippen molar-refractivity contribution in [2.45, 2.75) is 38.6 Å². The fourth-order valence-corrected chi connectivity index (χ4v) is 2.43. The Bertz CT molecular complexity index is 122. The standard InChI is InChI=1S/C9H17N/c1-8-4-5-9-3-2-6-10(9)7-8/h8-9H,2-7H2,1H3/t8-,9?/m0/s1. The summed E-state index contributed by atoms with van der Waals surface area (Å²) in [7, 11) is 0. The summed E-state index contributed by atoms with van der Waals surface area (Å²) in [4.78, 5) is 2.69. The Hall–Kier alpha value is -0.0400. The first-order valence-corrected chi connectivity index (χ1v) is 4.60. The second-order valence-corrected chi connectivity index (χ2v) is 3.97. The molecular weight excluding hydrogens is 122 g/mol. The Kier molecular flexibility index (Phi) is 1.69. The average Bonchev–Trinajstić information content (AvgIpc) is 2.33. The van der Waals surface area contributed by atoms with Crippen LogP contribution in [-0.2, 0) is 0 Å². The SMILES string of the molecule is C[C@H]1CCC2CCCN2C1. The lowest BCUT2D eigenvalue weighted by atomic mass is 9.95. The summed E-state index contributed by atoms with van der Waals surface area (Å²) >= 11 is 0. The summed E-state index contributed by atoms with van der Waals surface area (Å²) in [5.41, 5.74) is 0. The first kappa shape index (κ1) is 6.66. The first-order chi connectivity index (χ1) is 4.86. The monoisotopic (exact) mass is 139 g/mol. The second kappa shape index (κ2) is 2.54. The number of rotatable bonds is 0. The summed E-state index contributed by atoms with van der Waals surface area (Å²) in [6.45, 7) is 5.15. The van der Waals surface area contributed by atoms with Crippen LogP contribution in [0, 0.1) is 5.92 Å². The van der Waals surface area contributed by atoms with E-state index in [1.165, 1.54) is 38.8 Å². The van der Waals surface area contributed by atoms with Crippen molar-refractivity contribution in [1.29, 1.82) is 0 Å². The third kappa shape index (κ3) is 1.07. The third-order valence-corrected chi connectivity index (χ3v) is 3.04. The molecule has 0 aliphatic carbocycles. The van der Waals surface area contributed by atoms with Crippen LogP contribution in [0.5, 0.6) is 0 Å². The van der Waals surface area contributed by atoms with Crippen LogP contribution in [0.1, 0.15) is 32.6 Å². The van der Waals surface area contributed by atoms with Crippen LogP contribution in [0.4, 0.5) is 0 Å². The summed E-state index contributed by atoms with van der Waals surface area (Å²) in [6.07, 6.45) is 5.88. The minimum absolute atomic E-state index is 0.967. The van der Waals surface area contributed by atoms with E-state index >= 15 is 0 Å². The van der Waals surface area contributed by atoms with E-state index in [0.717, 1.165) is 12.0 Å². The molecule has 0 amide bonds. The Balaban J connectivity index is 1.96. The zero-order valence-corrected chi connectivity index (χ0v) is 6.84. The van der Waals surface area contributed by atoms with Gasteiger partial charge in [0.25, 0.3) is 0 Å². The van der Waals surface area contributed by atoms with Gasteiger partial charge in [-0.3, -0.25) is 0 Å². The molecule has 0 spiro atoms. The Morgan fingerprint density at radius 1 is 1.20 bits per heavy atom. The maximum atomic E-state index is 2.69. The molecular formula is C9H17N. The number of hydrogen-bond donors (Lipinski definition) is 0. The lowest BCUT2D eigenvalue weighted by Gasteiger charge is -2.33. The normalized spacial score (nSPS) is 41.7. The molecule has 0 aromatic rings. The highest BCUT2D eigenvalue weighted by molar-refractivity contribution is 4.84. The molecule has 2 rings (SSSR count). The minimum atomic E-state index is 0.967.